The molecule has 0 amide bonds. The highest BCUT2D eigenvalue weighted by Crippen LogP contribution is 2.40. The fourth-order valence-corrected chi connectivity index (χ4v) is 4.06. The normalized spacial score (nSPS) is 32.2. The third-order valence-corrected chi connectivity index (χ3v) is 5.42. The Hall–Kier alpha value is -1.56. The minimum absolute atomic E-state index is 0.772. The molecule has 0 heteroatoms. The number of hydrogen-bond donors (Lipinski definition) is 0. The van der Waals surface area contributed by atoms with Crippen LogP contribution in [0.1, 0.15) is 52.9 Å². The Bertz CT molecular complexity index is 608. The van der Waals surface area contributed by atoms with E-state index >= 15 is 0 Å². The van der Waals surface area contributed by atoms with Crippen LogP contribution in [-0.2, 0) is 0 Å². The molecule has 0 radical (unpaired) electrons. The van der Waals surface area contributed by atoms with E-state index in [2.05, 4.69) is 63.3 Å². The quantitative estimate of drug-likeness (QED) is 0.548. The fraction of sp³-hybridized carbons (Fsp3) is 0.455. The van der Waals surface area contributed by atoms with E-state index in [4.69, 9.17) is 0 Å². The van der Waals surface area contributed by atoms with Gasteiger partial charge in [0, 0.05) is 0 Å². The molecule has 0 saturated heterocycles. The summed E-state index contributed by atoms with van der Waals surface area (Å²) in [6, 6.07) is 0. The van der Waals surface area contributed by atoms with Gasteiger partial charge < -0.3 is 0 Å². The van der Waals surface area contributed by atoms with Gasteiger partial charge in [-0.2, -0.15) is 0 Å². The molecule has 0 aromatic carbocycles. The maximum Gasteiger partial charge on any atom is -0.00698 e. The molecule has 0 bridgehead atoms. The molecule has 0 atom stereocenters. The Morgan fingerprint density at radius 2 is 1.50 bits per heavy atom. The van der Waals surface area contributed by atoms with Crippen LogP contribution in [-0.4, -0.2) is 0 Å². The standard InChI is InChI=1S/C22H28/c1-4-17-6-7-21(14-17)19-8-10-20(11-9-19)22-13-16(3)12-18(5-2)15-22/h4-7,13-15,19-20H,8-12H2,1-3H3/b17-4+,18-5-. The topological polar surface area (TPSA) is 0 Å². The molecule has 0 aromatic heterocycles. The third-order valence-electron chi connectivity index (χ3n) is 5.42. The Morgan fingerprint density at radius 3 is 2.09 bits per heavy atom. The van der Waals surface area contributed by atoms with Gasteiger partial charge in [0.25, 0.3) is 0 Å². The molecule has 0 spiro atoms. The number of hydrogen-bond acceptors (Lipinski definition) is 0. The largest absolute Gasteiger partial charge is 0.0841 e. The van der Waals surface area contributed by atoms with Crippen LogP contribution in [0, 0.1) is 11.8 Å². The molecule has 1 saturated carbocycles. The fourth-order valence-electron chi connectivity index (χ4n) is 4.06. The summed E-state index contributed by atoms with van der Waals surface area (Å²) in [7, 11) is 0. The first kappa shape index (κ1) is 15.3. The molecule has 3 aliphatic carbocycles. The van der Waals surface area contributed by atoms with Gasteiger partial charge in [-0.3, -0.25) is 0 Å². The lowest BCUT2D eigenvalue weighted by atomic mass is 9.74. The molecule has 3 rings (SSSR count). The van der Waals surface area contributed by atoms with Gasteiger partial charge in [-0.25, -0.2) is 0 Å². The molecule has 0 N–H and O–H groups in total. The van der Waals surface area contributed by atoms with Crippen molar-refractivity contribution in [3.8, 4) is 0 Å². The van der Waals surface area contributed by atoms with Crippen LogP contribution in [0.3, 0.4) is 0 Å². The molecule has 116 valence electrons. The van der Waals surface area contributed by atoms with E-state index in [0.717, 1.165) is 18.3 Å². The highest BCUT2D eigenvalue weighted by molar-refractivity contribution is 5.47. The third kappa shape index (κ3) is 3.27. The van der Waals surface area contributed by atoms with Crippen molar-refractivity contribution in [1.82, 2.24) is 0 Å². The molecule has 0 heterocycles. The molecule has 1 fully saturated rings. The Morgan fingerprint density at radius 1 is 0.818 bits per heavy atom. The zero-order valence-corrected chi connectivity index (χ0v) is 14.2. The summed E-state index contributed by atoms with van der Waals surface area (Å²) < 4.78 is 0. The second-order valence-corrected chi connectivity index (χ2v) is 6.99. The van der Waals surface area contributed by atoms with E-state index in [1.165, 1.54) is 42.4 Å². The number of rotatable bonds is 2. The van der Waals surface area contributed by atoms with Crippen molar-refractivity contribution in [2.75, 3.05) is 0 Å². The zero-order chi connectivity index (χ0) is 15.5. The van der Waals surface area contributed by atoms with Gasteiger partial charge >= 0.3 is 0 Å². The lowest BCUT2D eigenvalue weighted by molar-refractivity contribution is 0.340. The van der Waals surface area contributed by atoms with Crippen molar-refractivity contribution in [2.24, 2.45) is 11.8 Å². The molecule has 0 nitrogen and oxygen atoms in total. The number of allylic oxidation sites excluding steroid dienone is 12. The lowest BCUT2D eigenvalue weighted by Crippen LogP contribution is -2.17. The maximum absolute atomic E-state index is 2.45. The van der Waals surface area contributed by atoms with Gasteiger partial charge in [-0.15, -0.1) is 0 Å². The SMILES string of the molecule is C/C=C1\C=C(C2CCC(C3=C/C(=C/C)C=C3)CC2)C=C(C)C1. The van der Waals surface area contributed by atoms with Gasteiger partial charge in [0.05, 0.1) is 0 Å². The highest BCUT2D eigenvalue weighted by Gasteiger charge is 2.26. The van der Waals surface area contributed by atoms with E-state index in [0.29, 0.717) is 0 Å². The second-order valence-electron chi connectivity index (χ2n) is 6.99. The van der Waals surface area contributed by atoms with Gasteiger partial charge in [-0.05, 0) is 87.0 Å². The summed E-state index contributed by atoms with van der Waals surface area (Å²) in [5.41, 5.74) is 7.54. The van der Waals surface area contributed by atoms with Crippen molar-refractivity contribution in [3.63, 3.8) is 0 Å². The van der Waals surface area contributed by atoms with Crippen LogP contribution < -0.4 is 0 Å². The average molecular weight is 292 g/mol. The lowest BCUT2D eigenvalue weighted by Gasteiger charge is -2.31. The van der Waals surface area contributed by atoms with E-state index in [-0.39, 0.29) is 0 Å². The monoisotopic (exact) mass is 292 g/mol. The summed E-state index contributed by atoms with van der Waals surface area (Å²) in [6.45, 7) is 6.56. The van der Waals surface area contributed by atoms with Gasteiger partial charge in [0.15, 0.2) is 0 Å². The van der Waals surface area contributed by atoms with E-state index in [1.807, 2.05) is 0 Å². The van der Waals surface area contributed by atoms with E-state index in [1.54, 1.807) is 11.1 Å². The van der Waals surface area contributed by atoms with E-state index in [9.17, 15) is 0 Å². The van der Waals surface area contributed by atoms with Gasteiger partial charge in [0.2, 0.25) is 0 Å². The first-order valence-corrected chi connectivity index (χ1v) is 8.79. The van der Waals surface area contributed by atoms with Crippen molar-refractivity contribution < 1.29 is 0 Å². The molecule has 22 heavy (non-hydrogen) atoms. The van der Waals surface area contributed by atoms with Gasteiger partial charge in [-0.1, -0.05) is 48.1 Å². The average Bonchev–Trinajstić information content (AvgIpc) is 3.03. The molecule has 0 aromatic rings. The molecular weight excluding hydrogens is 264 g/mol. The highest BCUT2D eigenvalue weighted by atomic mass is 14.3. The minimum Gasteiger partial charge on any atom is -0.0841 e. The maximum atomic E-state index is 2.45. The molecule has 0 unspecified atom stereocenters. The van der Waals surface area contributed by atoms with Gasteiger partial charge in [0.1, 0.15) is 0 Å². The summed E-state index contributed by atoms with van der Waals surface area (Å²) in [4.78, 5) is 0. The summed E-state index contributed by atoms with van der Waals surface area (Å²) in [5.74, 6) is 1.55. The van der Waals surface area contributed by atoms with Crippen molar-refractivity contribution in [2.45, 2.75) is 52.9 Å². The Balaban J connectivity index is 1.65. The van der Waals surface area contributed by atoms with Crippen LogP contribution in [0.5, 0.6) is 0 Å². The smallest absolute Gasteiger partial charge is 0.00698 e. The minimum atomic E-state index is 0.772. The van der Waals surface area contributed by atoms with Crippen LogP contribution >= 0.6 is 0 Å². The molecule has 3 aliphatic rings. The van der Waals surface area contributed by atoms with Crippen molar-refractivity contribution >= 4 is 0 Å². The van der Waals surface area contributed by atoms with Crippen molar-refractivity contribution in [3.05, 3.63) is 70.4 Å². The Kier molecular flexibility index (Phi) is 4.66. The second kappa shape index (κ2) is 6.69. The van der Waals surface area contributed by atoms with Crippen molar-refractivity contribution in [1.29, 1.82) is 0 Å². The summed E-state index contributed by atoms with van der Waals surface area (Å²) in [5, 5.41) is 0. The summed E-state index contributed by atoms with van der Waals surface area (Å²) in [6.07, 6.45) is 22.9. The molecular formula is C22H28. The Labute approximate surface area is 135 Å². The van der Waals surface area contributed by atoms with Crippen LogP contribution in [0.4, 0.5) is 0 Å². The first-order valence-electron chi connectivity index (χ1n) is 8.79. The van der Waals surface area contributed by atoms with E-state index < -0.39 is 0 Å². The predicted molar refractivity (Wildman–Crippen MR) is 96.6 cm³/mol. The summed E-state index contributed by atoms with van der Waals surface area (Å²) >= 11 is 0. The zero-order valence-electron chi connectivity index (χ0n) is 14.2. The van der Waals surface area contributed by atoms with Crippen LogP contribution in [0.25, 0.3) is 0 Å². The van der Waals surface area contributed by atoms with Crippen LogP contribution in [0.2, 0.25) is 0 Å². The predicted octanol–water partition coefficient (Wildman–Crippen LogP) is 6.46. The van der Waals surface area contributed by atoms with Crippen LogP contribution in [0.15, 0.2) is 70.4 Å². The first-order chi connectivity index (χ1) is 10.7. The molecule has 0 aliphatic heterocycles.